The zero-order valence-electron chi connectivity index (χ0n) is 15.6. The minimum absolute atomic E-state index is 0.0429. The van der Waals surface area contributed by atoms with E-state index in [1.807, 2.05) is 11.8 Å². The second-order valence-corrected chi connectivity index (χ2v) is 7.37. The molecule has 1 atom stereocenters. The monoisotopic (exact) mass is 386 g/mol. The molecule has 1 amide bonds. The summed E-state index contributed by atoms with van der Waals surface area (Å²) in [5.41, 5.74) is 2.11. The maximum Gasteiger partial charge on any atom is 0.223 e. The van der Waals surface area contributed by atoms with Crippen molar-refractivity contribution in [2.24, 2.45) is 0 Å². The highest BCUT2D eigenvalue weighted by Crippen LogP contribution is 2.33. The number of hydrogen-bond donors (Lipinski definition) is 1. The van der Waals surface area contributed by atoms with E-state index in [1.54, 1.807) is 12.1 Å². The molecule has 1 aliphatic heterocycles. The van der Waals surface area contributed by atoms with Crippen molar-refractivity contribution in [3.05, 3.63) is 59.4 Å². The first-order valence-corrected chi connectivity index (χ1v) is 9.49. The number of nitrogens with one attached hydrogen (secondary N) is 1. The summed E-state index contributed by atoms with van der Waals surface area (Å²) in [7, 11) is 0. The molecule has 1 fully saturated rings. The fraction of sp³-hybridized carbons (Fsp3) is 0.318. The lowest BCUT2D eigenvalue weighted by molar-refractivity contribution is -0.131. The van der Waals surface area contributed by atoms with Crippen LogP contribution in [-0.2, 0) is 11.2 Å². The van der Waals surface area contributed by atoms with E-state index in [4.69, 9.17) is 0 Å². The van der Waals surface area contributed by atoms with Crippen molar-refractivity contribution in [3.8, 4) is 11.3 Å². The van der Waals surface area contributed by atoms with Gasteiger partial charge in [0.2, 0.25) is 5.91 Å². The summed E-state index contributed by atoms with van der Waals surface area (Å²) in [5.74, 6) is -1.70. The molecule has 1 unspecified atom stereocenters. The molecule has 0 aliphatic carbocycles. The largest absolute Gasteiger partial charge is 0.352 e. The molecule has 0 saturated carbocycles. The van der Waals surface area contributed by atoms with E-state index in [0.29, 0.717) is 28.6 Å². The third-order valence-electron chi connectivity index (χ3n) is 5.53. The van der Waals surface area contributed by atoms with Crippen molar-refractivity contribution < 1.29 is 18.0 Å². The predicted molar refractivity (Wildman–Crippen MR) is 102 cm³/mol. The second-order valence-electron chi connectivity index (χ2n) is 7.37. The summed E-state index contributed by atoms with van der Waals surface area (Å²) in [6.07, 6.45) is 2.59. The lowest BCUT2D eigenvalue weighted by atomic mass is 10.0. The molecule has 6 heteroatoms. The molecule has 2 heterocycles. The van der Waals surface area contributed by atoms with Crippen molar-refractivity contribution in [1.29, 1.82) is 0 Å². The normalized spacial score (nSPS) is 16.9. The first-order chi connectivity index (χ1) is 13.4. The fourth-order valence-electron chi connectivity index (χ4n) is 4.08. The number of nitrogens with zero attached hydrogens (tertiary/aromatic N) is 1. The topological polar surface area (TPSA) is 36.1 Å². The van der Waals surface area contributed by atoms with Gasteiger partial charge in [-0.15, -0.1) is 0 Å². The van der Waals surface area contributed by atoms with Crippen LogP contribution in [0.25, 0.3) is 22.2 Å². The average molecular weight is 386 g/mol. The van der Waals surface area contributed by atoms with Crippen LogP contribution >= 0.6 is 0 Å². The van der Waals surface area contributed by atoms with Gasteiger partial charge in [0.1, 0.15) is 17.5 Å². The smallest absolute Gasteiger partial charge is 0.223 e. The van der Waals surface area contributed by atoms with Crippen molar-refractivity contribution in [3.63, 3.8) is 0 Å². The SMILES string of the molecule is CC1CCCN1C(=O)CCc1c(-c2ccc(F)cc2)[nH]c2c(F)cc(F)cc12. The van der Waals surface area contributed by atoms with E-state index in [9.17, 15) is 18.0 Å². The summed E-state index contributed by atoms with van der Waals surface area (Å²) >= 11 is 0. The van der Waals surface area contributed by atoms with Crippen LogP contribution in [0.5, 0.6) is 0 Å². The Morgan fingerprint density at radius 1 is 1.14 bits per heavy atom. The molecule has 1 aromatic heterocycles. The van der Waals surface area contributed by atoms with Crippen molar-refractivity contribution in [2.75, 3.05) is 6.54 Å². The van der Waals surface area contributed by atoms with E-state index in [-0.39, 0.29) is 29.7 Å². The maximum absolute atomic E-state index is 14.3. The highest BCUT2D eigenvalue weighted by Gasteiger charge is 2.25. The fourth-order valence-corrected chi connectivity index (χ4v) is 4.08. The molecule has 3 aromatic rings. The molecule has 146 valence electrons. The minimum atomic E-state index is -0.691. The summed E-state index contributed by atoms with van der Waals surface area (Å²) in [6.45, 7) is 2.78. The van der Waals surface area contributed by atoms with Crippen LogP contribution in [0.15, 0.2) is 36.4 Å². The third kappa shape index (κ3) is 3.39. The van der Waals surface area contributed by atoms with Gasteiger partial charge in [-0.05, 0) is 67.6 Å². The van der Waals surface area contributed by atoms with Gasteiger partial charge in [-0.25, -0.2) is 13.2 Å². The molecule has 1 N–H and O–H groups in total. The van der Waals surface area contributed by atoms with Gasteiger partial charge in [0.15, 0.2) is 0 Å². The summed E-state index contributed by atoms with van der Waals surface area (Å²) in [6, 6.07) is 8.14. The molecule has 0 bridgehead atoms. The standard InChI is InChI=1S/C22H21F3N2O/c1-13-3-2-10-27(13)20(28)9-8-17-18-11-16(24)12-19(25)22(18)26-21(17)14-4-6-15(23)7-5-14/h4-7,11-13,26H,2-3,8-10H2,1H3. The van der Waals surface area contributed by atoms with Gasteiger partial charge >= 0.3 is 0 Å². The van der Waals surface area contributed by atoms with Gasteiger partial charge in [0, 0.05) is 36.2 Å². The number of carbonyl (C=O) groups is 1. The number of H-pyrrole nitrogens is 1. The van der Waals surface area contributed by atoms with Gasteiger partial charge in [-0.2, -0.15) is 0 Å². The van der Waals surface area contributed by atoms with Crippen molar-refractivity contribution in [2.45, 2.75) is 38.6 Å². The van der Waals surface area contributed by atoms with E-state index in [0.717, 1.165) is 25.5 Å². The van der Waals surface area contributed by atoms with Crippen molar-refractivity contribution in [1.82, 2.24) is 9.88 Å². The highest BCUT2D eigenvalue weighted by molar-refractivity contribution is 5.92. The first kappa shape index (κ1) is 18.6. The molecule has 0 radical (unpaired) electrons. The predicted octanol–water partition coefficient (Wildman–Crippen LogP) is 5.20. The molecule has 1 saturated heterocycles. The Balaban J connectivity index is 1.73. The molecule has 2 aromatic carbocycles. The Kier molecular flexibility index (Phi) is 4.87. The number of rotatable bonds is 4. The molecular weight excluding hydrogens is 365 g/mol. The number of benzene rings is 2. The van der Waals surface area contributed by atoms with E-state index in [1.165, 1.54) is 18.2 Å². The number of aromatic nitrogens is 1. The molecule has 3 nitrogen and oxygen atoms in total. The Hall–Kier alpha value is -2.76. The number of hydrogen-bond acceptors (Lipinski definition) is 1. The number of carbonyl (C=O) groups excluding carboxylic acids is 1. The number of likely N-dealkylation sites (tertiary alicyclic amines) is 1. The maximum atomic E-state index is 14.3. The summed E-state index contributed by atoms with van der Waals surface area (Å²) < 4.78 is 41.5. The second kappa shape index (κ2) is 7.34. The highest BCUT2D eigenvalue weighted by atomic mass is 19.1. The third-order valence-corrected chi connectivity index (χ3v) is 5.53. The zero-order valence-corrected chi connectivity index (χ0v) is 15.6. The Labute approximate surface area is 161 Å². The Morgan fingerprint density at radius 3 is 2.57 bits per heavy atom. The number of aryl methyl sites for hydroxylation is 1. The Morgan fingerprint density at radius 2 is 1.89 bits per heavy atom. The number of amides is 1. The van der Waals surface area contributed by atoms with Gasteiger partial charge in [0.05, 0.1) is 5.52 Å². The lowest BCUT2D eigenvalue weighted by Crippen LogP contribution is -2.33. The molecule has 1 aliphatic rings. The van der Waals surface area contributed by atoms with Crippen LogP contribution in [-0.4, -0.2) is 28.4 Å². The van der Waals surface area contributed by atoms with Crippen LogP contribution in [0.4, 0.5) is 13.2 Å². The van der Waals surface area contributed by atoms with Crippen LogP contribution in [0.3, 0.4) is 0 Å². The Bertz CT molecular complexity index is 1030. The average Bonchev–Trinajstić information content (AvgIpc) is 3.24. The lowest BCUT2D eigenvalue weighted by Gasteiger charge is -2.21. The van der Waals surface area contributed by atoms with E-state index < -0.39 is 11.6 Å². The number of fused-ring (bicyclic) bond motifs is 1. The van der Waals surface area contributed by atoms with Gasteiger partial charge < -0.3 is 9.88 Å². The molecule has 0 spiro atoms. The van der Waals surface area contributed by atoms with Gasteiger partial charge in [0.25, 0.3) is 0 Å². The van der Waals surface area contributed by atoms with E-state index >= 15 is 0 Å². The molecule has 28 heavy (non-hydrogen) atoms. The summed E-state index contributed by atoms with van der Waals surface area (Å²) in [4.78, 5) is 17.5. The first-order valence-electron chi connectivity index (χ1n) is 9.49. The van der Waals surface area contributed by atoms with Crippen LogP contribution in [0.1, 0.15) is 31.7 Å². The number of aromatic amines is 1. The van der Waals surface area contributed by atoms with E-state index in [2.05, 4.69) is 4.98 Å². The van der Waals surface area contributed by atoms with Crippen LogP contribution in [0, 0.1) is 17.5 Å². The zero-order chi connectivity index (χ0) is 19.8. The minimum Gasteiger partial charge on any atom is -0.352 e. The van der Waals surface area contributed by atoms with Gasteiger partial charge in [-0.1, -0.05) is 0 Å². The molecule has 4 rings (SSSR count). The van der Waals surface area contributed by atoms with Crippen molar-refractivity contribution >= 4 is 16.8 Å². The summed E-state index contributed by atoms with van der Waals surface area (Å²) in [5, 5.41) is 0.416. The van der Waals surface area contributed by atoms with Crippen LogP contribution in [0.2, 0.25) is 0 Å². The van der Waals surface area contributed by atoms with Crippen LogP contribution < -0.4 is 0 Å². The number of halogens is 3. The quantitative estimate of drug-likeness (QED) is 0.658. The van der Waals surface area contributed by atoms with Gasteiger partial charge in [-0.3, -0.25) is 4.79 Å². The molecular formula is C22H21F3N2O.